The van der Waals surface area contributed by atoms with Gasteiger partial charge in [-0.1, -0.05) is 31.0 Å². The van der Waals surface area contributed by atoms with E-state index in [4.69, 9.17) is 9.47 Å². The van der Waals surface area contributed by atoms with Gasteiger partial charge >= 0.3 is 5.97 Å². The van der Waals surface area contributed by atoms with Crippen LogP contribution in [0.25, 0.3) is 0 Å². The van der Waals surface area contributed by atoms with Crippen LogP contribution >= 0.6 is 0 Å². The summed E-state index contributed by atoms with van der Waals surface area (Å²) in [6, 6.07) is 13.7. The molecule has 4 atom stereocenters. The second-order valence-corrected chi connectivity index (χ2v) is 13.2. The molecule has 0 aromatic heterocycles. The highest BCUT2D eigenvalue weighted by molar-refractivity contribution is 5.81. The number of ether oxygens (including phenoxy) is 2. The topological polar surface area (TPSA) is 82.6 Å². The Morgan fingerprint density at radius 3 is 2.30 bits per heavy atom. The van der Waals surface area contributed by atoms with Gasteiger partial charge in [0.15, 0.2) is 0 Å². The number of hydrogen-bond donors (Lipinski definition) is 1. The molecule has 3 heterocycles. The number of amides is 1. The lowest BCUT2D eigenvalue weighted by molar-refractivity contribution is -0.142. The molecule has 3 saturated heterocycles. The summed E-state index contributed by atoms with van der Waals surface area (Å²) in [6.07, 6.45) is 5.99. The first-order valence-corrected chi connectivity index (χ1v) is 16.3. The molecule has 0 spiro atoms. The highest BCUT2D eigenvalue weighted by atomic mass is 19.1. The van der Waals surface area contributed by atoms with Gasteiger partial charge in [-0.3, -0.25) is 14.5 Å². The lowest BCUT2D eigenvalue weighted by atomic mass is 9.87. The third kappa shape index (κ3) is 6.31. The van der Waals surface area contributed by atoms with Gasteiger partial charge in [0.05, 0.1) is 25.6 Å². The monoisotopic (exact) mass is 607 g/mol. The second kappa shape index (κ2) is 13.4. The highest BCUT2D eigenvalue weighted by Crippen LogP contribution is 2.43. The number of carbonyl (C=O) groups is 2. The van der Waals surface area contributed by atoms with E-state index in [0.29, 0.717) is 51.7 Å². The smallest absolute Gasteiger partial charge is 0.306 e. The molecule has 1 aliphatic carbocycles. The third-order valence-corrected chi connectivity index (χ3v) is 10.8. The lowest BCUT2D eigenvalue weighted by Gasteiger charge is -2.35. The van der Waals surface area contributed by atoms with E-state index in [-0.39, 0.29) is 41.3 Å². The van der Waals surface area contributed by atoms with Crippen molar-refractivity contribution < 1.29 is 28.6 Å². The van der Waals surface area contributed by atoms with Crippen LogP contribution in [0, 0.1) is 23.6 Å². The Bertz CT molecular complexity index is 1310. The van der Waals surface area contributed by atoms with E-state index in [0.717, 1.165) is 30.1 Å². The summed E-state index contributed by atoms with van der Waals surface area (Å²) in [6.45, 7) is 4.47. The molecule has 1 N–H and O–H groups in total. The molecule has 1 amide bonds. The summed E-state index contributed by atoms with van der Waals surface area (Å²) >= 11 is 0. The van der Waals surface area contributed by atoms with E-state index in [9.17, 15) is 19.1 Å². The number of nitrogens with zero attached hydrogens (tertiary/aromatic N) is 3. The summed E-state index contributed by atoms with van der Waals surface area (Å²) in [5.74, 6) is -0.359. The van der Waals surface area contributed by atoms with Crippen molar-refractivity contribution in [2.75, 3.05) is 65.0 Å². The minimum atomic E-state index is -0.763. The van der Waals surface area contributed by atoms with E-state index >= 15 is 0 Å². The molecule has 2 aromatic rings. The summed E-state index contributed by atoms with van der Waals surface area (Å²) in [5.41, 5.74) is 3.02. The van der Waals surface area contributed by atoms with Gasteiger partial charge in [0.2, 0.25) is 5.91 Å². The fraction of sp³-hybridized carbons (Fsp3) is 0.600. The van der Waals surface area contributed by atoms with Crippen molar-refractivity contribution in [2.24, 2.45) is 17.8 Å². The zero-order valence-electron chi connectivity index (χ0n) is 26.0. The van der Waals surface area contributed by atoms with E-state index in [1.165, 1.54) is 37.3 Å². The first-order chi connectivity index (χ1) is 21.4. The SMILES string of the molecule is COC[C@H]1CN(C(=O)[C@@H]2CN(C3CCCC3)C[C@H]2c2ccc(OC)cc2)C[C@@H]1c1ccc(F)cc1N1CCC(C(=O)O)CC1. The zero-order chi connectivity index (χ0) is 30.8. The van der Waals surface area contributed by atoms with Crippen molar-refractivity contribution in [3.63, 3.8) is 0 Å². The second-order valence-electron chi connectivity index (χ2n) is 13.2. The van der Waals surface area contributed by atoms with Gasteiger partial charge in [0, 0.05) is 75.9 Å². The van der Waals surface area contributed by atoms with Gasteiger partial charge in [-0.05, 0) is 61.1 Å². The summed E-state index contributed by atoms with van der Waals surface area (Å²) in [7, 11) is 3.36. The molecule has 0 unspecified atom stereocenters. The molecular formula is C35H46FN3O5. The molecule has 4 fully saturated rings. The lowest BCUT2D eigenvalue weighted by Crippen LogP contribution is -2.39. The normalized spacial score (nSPS) is 26.9. The summed E-state index contributed by atoms with van der Waals surface area (Å²) < 4.78 is 25.7. The molecule has 0 bridgehead atoms. The van der Waals surface area contributed by atoms with Crippen molar-refractivity contribution in [1.82, 2.24) is 9.80 Å². The van der Waals surface area contributed by atoms with Gasteiger partial charge in [0.1, 0.15) is 11.6 Å². The average Bonchev–Trinajstić information content (AvgIpc) is 3.82. The molecule has 4 aliphatic rings. The van der Waals surface area contributed by atoms with Gasteiger partial charge in [0.25, 0.3) is 0 Å². The molecule has 9 heteroatoms. The first kappa shape index (κ1) is 30.8. The van der Waals surface area contributed by atoms with Crippen LogP contribution in [-0.4, -0.2) is 92.9 Å². The number of methoxy groups -OCH3 is 2. The number of halogens is 1. The van der Waals surface area contributed by atoms with Crippen molar-refractivity contribution in [3.05, 3.63) is 59.4 Å². The Morgan fingerprint density at radius 1 is 0.909 bits per heavy atom. The molecule has 44 heavy (non-hydrogen) atoms. The van der Waals surface area contributed by atoms with Crippen LogP contribution < -0.4 is 9.64 Å². The van der Waals surface area contributed by atoms with Crippen LogP contribution in [0.5, 0.6) is 5.75 Å². The molecule has 0 radical (unpaired) electrons. The Kier molecular flexibility index (Phi) is 9.42. The Labute approximate surface area is 260 Å². The van der Waals surface area contributed by atoms with E-state index in [1.54, 1.807) is 20.3 Å². The predicted molar refractivity (Wildman–Crippen MR) is 167 cm³/mol. The fourth-order valence-electron chi connectivity index (χ4n) is 8.33. The maximum Gasteiger partial charge on any atom is 0.306 e. The molecule has 238 valence electrons. The summed E-state index contributed by atoms with van der Waals surface area (Å²) in [5, 5.41) is 9.49. The third-order valence-electron chi connectivity index (χ3n) is 10.8. The number of carboxylic acids is 1. The number of piperidine rings is 1. The minimum Gasteiger partial charge on any atom is -0.497 e. The first-order valence-electron chi connectivity index (χ1n) is 16.3. The van der Waals surface area contributed by atoms with Crippen molar-refractivity contribution >= 4 is 17.6 Å². The number of rotatable bonds is 9. The van der Waals surface area contributed by atoms with Crippen LogP contribution in [0.15, 0.2) is 42.5 Å². The van der Waals surface area contributed by atoms with Crippen molar-refractivity contribution in [1.29, 1.82) is 0 Å². The number of carboxylic acid groups (broad SMARTS) is 1. The molecule has 2 aromatic carbocycles. The molecule has 1 saturated carbocycles. The fourth-order valence-corrected chi connectivity index (χ4v) is 8.33. The number of aliphatic carboxylic acids is 1. The Morgan fingerprint density at radius 2 is 1.64 bits per heavy atom. The maximum absolute atomic E-state index is 14.6. The summed E-state index contributed by atoms with van der Waals surface area (Å²) in [4.78, 5) is 32.8. The predicted octanol–water partition coefficient (Wildman–Crippen LogP) is 4.98. The highest BCUT2D eigenvalue weighted by Gasteiger charge is 2.46. The van der Waals surface area contributed by atoms with Crippen LogP contribution in [0.2, 0.25) is 0 Å². The van der Waals surface area contributed by atoms with E-state index < -0.39 is 5.97 Å². The van der Waals surface area contributed by atoms with Crippen LogP contribution in [0.3, 0.4) is 0 Å². The zero-order valence-corrected chi connectivity index (χ0v) is 26.0. The standard InChI is InChI=1S/C35H46FN3O5/c1-43-22-25-18-39(20-31(25)29-12-9-26(36)17-33(29)37-15-13-24(14-16-37)35(41)42)34(40)32-21-38(27-5-3-4-6-27)19-30(32)23-7-10-28(44-2)11-8-23/h7-12,17,24-25,27,30-32H,3-6,13-16,18-22H2,1-2H3,(H,41,42)/t25-,30+,31+,32-/m1/s1. The number of anilines is 1. The number of hydrogen-bond acceptors (Lipinski definition) is 6. The van der Waals surface area contributed by atoms with Crippen molar-refractivity contribution in [3.8, 4) is 5.75 Å². The van der Waals surface area contributed by atoms with Gasteiger partial charge < -0.3 is 24.4 Å². The van der Waals surface area contributed by atoms with Gasteiger partial charge in [-0.2, -0.15) is 0 Å². The Hall–Kier alpha value is -3.17. The van der Waals surface area contributed by atoms with Crippen LogP contribution in [0.1, 0.15) is 61.5 Å². The van der Waals surface area contributed by atoms with Gasteiger partial charge in [-0.15, -0.1) is 0 Å². The van der Waals surface area contributed by atoms with Gasteiger partial charge in [-0.25, -0.2) is 4.39 Å². The van der Waals surface area contributed by atoms with Crippen LogP contribution in [0.4, 0.5) is 10.1 Å². The van der Waals surface area contributed by atoms with E-state index in [1.807, 2.05) is 23.1 Å². The molecule has 6 rings (SSSR count). The van der Waals surface area contributed by atoms with Crippen molar-refractivity contribution in [2.45, 2.75) is 56.4 Å². The molecule has 8 nitrogen and oxygen atoms in total. The Balaban J connectivity index is 1.25. The number of benzene rings is 2. The molecular weight excluding hydrogens is 561 g/mol. The van der Waals surface area contributed by atoms with Crippen LogP contribution in [-0.2, 0) is 14.3 Å². The quantitative estimate of drug-likeness (QED) is 0.431. The number of likely N-dealkylation sites (tertiary alicyclic amines) is 2. The maximum atomic E-state index is 14.6. The molecule has 3 aliphatic heterocycles. The number of carbonyl (C=O) groups excluding carboxylic acids is 1. The average molecular weight is 608 g/mol. The minimum absolute atomic E-state index is 0.00141. The van der Waals surface area contributed by atoms with E-state index in [2.05, 4.69) is 21.9 Å². The largest absolute Gasteiger partial charge is 0.497 e.